The number of sulfonamides is 1. The molecule has 0 aliphatic carbocycles. The van der Waals surface area contributed by atoms with Crippen molar-refractivity contribution in [3.63, 3.8) is 0 Å². The van der Waals surface area contributed by atoms with Gasteiger partial charge in [-0.2, -0.15) is 4.31 Å². The normalized spacial score (nSPS) is 15.1. The molecule has 0 spiro atoms. The van der Waals surface area contributed by atoms with E-state index < -0.39 is 10.0 Å². The number of Topliss-reactive ketones (excluding diaryl/α,β-unsaturated/α-hetero) is 1. The summed E-state index contributed by atoms with van der Waals surface area (Å²) < 4.78 is 32.6. The summed E-state index contributed by atoms with van der Waals surface area (Å²) in [6, 6.07) is 13.8. The van der Waals surface area contributed by atoms with Crippen molar-refractivity contribution in [2.45, 2.75) is 30.6 Å². The first kappa shape index (κ1) is 23.4. The maximum absolute atomic E-state index is 13.0. The van der Waals surface area contributed by atoms with Gasteiger partial charge in [0.25, 0.3) is 0 Å². The van der Waals surface area contributed by atoms with E-state index in [1.807, 2.05) is 5.38 Å². The third-order valence-corrected chi connectivity index (χ3v) is 8.38. The first-order valence-corrected chi connectivity index (χ1v) is 13.3. The van der Waals surface area contributed by atoms with Crippen molar-refractivity contribution in [1.29, 1.82) is 0 Å². The number of nitrogens with zero attached hydrogens (tertiary/aromatic N) is 2. The van der Waals surface area contributed by atoms with E-state index >= 15 is 0 Å². The molecule has 1 aliphatic heterocycles. The van der Waals surface area contributed by atoms with Crippen molar-refractivity contribution in [3.8, 4) is 17.0 Å². The summed E-state index contributed by atoms with van der Waals surface area (Å²) in [5.41, 5.74) is 2.16. The second-order valence-electron chi connectivity index (χ2n) is 7.89. The molecule has 2 heterocycles. The number of methoxy groups -OCH3 is 1. The number of carbonyl (C=O) groups excluding carboxylic acids is 1. The van der Waals surface area contributed by atoms with Gasteiger partial charge in [-0.1, -0.05) is 25.0 Å². The second kappa shape index (κ2) is 10.5. The number of aromatic nitrogens is 1. The van der Waals surface area contributed by atoms with E-state index in [4.69, 9.17) is 4.74 Å². The van der Waals surface area contributed by atoms with Gasteiger partial charge in [0.05, 0.1) is 24.2 Å². The van der Waals surface area contributed by atoms with Crippen LogP contribution >= 0.6 is 11.3 Å². The fourth-order valence-electron chi connectivity index (χ4n) is 3.75. The lowest BCUT2D eigenvalue weighted by Crippen LogP contribution is -2.31. The van der Waals surface area contributed by atoms with Crippen LogP contribution in [0.15, 0.2) is 58.8 Å². The molecule has 0 radical (unpaired) electrons. The molecule has 2 aromatic carbocycles. The number of benzene rings is 2. The predicted molar refractivity (Wildman–Crippen MR) is 131 cm³/mol. The zero-order valence-corrected chi connectivity index (χ0v) is 20.1. The van der Waals surface area contributed by atoms with Gasteiger partial charge in [-0.05, 0) is 49.2 Å². The molecule has 7 nitrogen and oxygen atoms in total. The van der Waals surface area contributed by atoms with E-state index in [9.17, 15) is 13.2 Å². The van der Waals surface area contributed by atoms with Gasteiger partial charge in [-0.3, -0.25) is 4.79 Å². The largest absolute Gasteiger partial charge is 0.497 e. The van der Waals surface area contributed by atoms with Crippen molar-refractivity contribution < 1.29 is 17.9 Å². The van der Waals surface area contributed by atoms with Gasteiger partial charge in [0, 0.05) is 29.6 Å². The SMILES string of the molecule is COc1ccc(C(=O)CNc2nc(-c3ccc(S(=O)(=O)N4CCCCCC4)cc3)cs2)cc1. The zero-order valence-electron chi connectivity index (χ0n) is 18.5. The number of rotatable bonds is 8. The Hall–Kier alpha value is -2.75. The number of ether oxygens (including phenoxy) is 1. The second-order valence-corrected chi connectivity index (χ2v) is 10.7. The first-order chi connectivity index (χ1) is 16.0. The third kappa shape index (κ3) is 5.61. The maximum Gasteiger partial charge on any atom is 0.243 e. The quantitative estimate of drug-likeness (QED) is 0.466. The van der Waals surface area contributed by atoms with E-state index in [1.54, 1.807) is 59.9 Å². The molecular weight excluding hydrogens is 458 g/mol. The predicted octanol–water partition coefficient (Wildman–Crippen LogP) is 4.68. The standard InChI is InChI=1S/C24H27N3O4S2/c1-31-20-10-6-19(7-11-20)23(28)16-25-24-26-22(17-32-24)18-8-12-21(13-9-18)33(29,30)27-14-4-2-3-5-15-27/h6-13,17H,2-5,14-16H2,1H3,(H,25,26). The van der Waals surface area contributed by atoms with Crippen LogP contribution in [-0.2, 0) is 10.0 Å². The summed E-state index contributed by atoms with van der Waals surface area (Å²) in [7, 11) is -1.89. The van der Waals surface area contributed by atoms with Gasteiger partial charge in [0.1, 0.15) is 5.75 Å². The lowest BCUT2D eigenvalue weighted by molar-refractivity contribution is 0.101. The highest BCUT2D eigenvalue weighted by molar-refractivity contribution is 7.89. The molecule has 1 N–H and O–H groups in total. The summed E-state index contributed by atoms with van der Waals surface area (Å²) in [4.78, 5) is 17.2. The number of carbonyl (C=O) groups is 1. The van der Waals surface area contributed by atoms with E-state index in [2.05, 4.69) is 10.3 Å². The summed E-state index contributed by atoms with van der Waals surface area (Å²) in [6.45, 7) is 1.30. The molecule has 1 aromatic heterocycles. The molecule has 1 fully saturated rings. The molecule has 9 heteroatoms. The van der Waals surface area contributed by atoms with Crippen molar-refractivity contribution in [2.24, 2.45) is 0 Å². The molecule has 0 saturated carbocycles. The summed E-state index contributed by atoms with van der Waals surface area (Å²) in [6.07, 6.45) is 3.98. The van der Waals surface area contributed by atoms with Gasteiger partial charge in [0.2, 0.25) is 10.0 Å². The van der Waals surface area contributed by atoms with Crippen molar-refractivity contribution in [2.75, 3.05) is 32.1 Å². The minimum absolute atomic E-state index is 0.0440. The van der Waals surface area contributed by atoms with E-state index in [0.29, 0.717) is 34.4 Å². The van der Waals surface area contributed by atoms with Crippen LogP contribution in [0, 0.1) is 0 Å². The first-order valence-electron chi connectivity index (χ1n) is 10.9. The van der Waals surface area contributed by atoms with Gasteiger partial charge in [-0.15, -0.1) is 11.3 Å². The van der Waals surface area contributed by atoms with Crippen LogP contribution in [0.1, 0.15) is 36.0 Å². The van der Waals surface area contributed by atoms with Gasteiger partial charge < -0.3 is 10.1 Å². The molecule has 4 rings (SSSR count). The van der Waals surface area contributed by atoms with Crippen LogP contribution in [0.4, 0.5) is 5.13 Å². The molecule has 0 atom stereocenters. The minimum atomic E-state index is -3.47. The van der Waals surface area contributed by atoms with Crippen LogP contribution < -0.4 is 10.1 Å². The Balaban J connectivity index is 1.39. The lowest BCUT2D eigenvalue weighted by atomic mass is 10.1. The Morgan fingerprint density at radius 3 is 2.33 bits per heavy atom. The summed E-state index contributed by atoms with van der Waals surface area (Å²) in [5.74, 6) is 0.659. The fraction of sp³-hybridized carbons (Fsp3) is 0.333. The maximum atomic E-state index is 13.0. The number of nitrogens with one attached hydrogen (secondary N) is 1. The van der Waals surface area contributed by atoms with E-state index in [0.717, 1.165) is 36.9 Å². The van der Waals surface area contributed by atoms with Crippen LogP contribution in [0.25, 0.3) is 11.3 Å². The van der Waals surface area contributed by atoms with E-state index in [-0.39, 0.29) is 12.3 Å². The van der Waals surface area contributed by atoms with E-state index in [1.165, 1.54) is 11.3 Å². The summed E-state index contributed by atoms with van der Waals surface area (Å²) >= 11 is 1.40. The Morgan fingerprint density at radius 2 is 1.70 bits per heavy atom. The highest BCUT2D eigenvalue weighted by atomic mass is 32.2. The van der Waals surface area contributed by atoms with Gasteiger partial charge in [0.15, 0.2) is 10.9 Å². The molecule has 1 aliphatic rings. The number of ketones is 1. The molecule has 174 valence electrons. The van der Waals surface area contributed by atoms with Crippen molar-refractivity contribution >= 4 is 32.3 Å². The fourth-order valence-corrected chi connectivity index (χ4v) is 5.99. The van der Waals surface area contributed by atoms with Gasteiger partial charge >= 0.3 is 0 Å². The smallest absolute Gasteiger partial charge is 0.243 e. The number of anilines is 1. The van der Waals surface area contributed by atoms with Crippen LogP contribution in [0.3, 0.4) is 0 Å². The Bertz CT molecular complexity index is 1180. The highest BCUT2D eigenvalue weighted by Gasteiger charge is 2.25. The number of hydrogen-bond donors (Lipinski definition) is 1. The Labute approximate surface area is 198 Å². The monoisotopic (exact) mass is 485 g/mol. The van der Waals surface area contributed by atoms with Crippen molar-refractivity contribution in [3.05, 3.63) is 59.5 Å². The minimum Gasteiger partial charge on any atom is -0.497 e. The Kier molecular flexibility index (Phi) is 7.42. The zero-order chi connectivity index (χ0) is 23.3. The molecule has 33 heavy (non-hydrogen) atoms. The highest BCUT2D eigenvalue weighted by Crippen LogP contribution is 2.27. The average molecular weight is 486 g/mol. The topological polar surface area (TPSA) is 88.6 Å². The molecule has 0 bridgehead atoms. The van der Waals surface area contributed by atoms with Crippen LogP contribution in [0.5, 0.6) is 5.75 Å². The molecule has 0 amide bonds. The number of hydrogen-bond acceptors (Lipinski definition) is 7. The van der Waals surface area contributed by atoms with Crippen molar-refractivity contribution in [1.82, 2.24) is 9.29 Å². The number of thiazole rings is 1. The van der Waals surface area contributed by atoms with Crippen LogP contribution in [0.2, 0.25) is 0 Å². The summed E-state index contributed by atoms with van der Waals surface area (Å²) in [5, 5.41) is 5.59. The van der Waals surface area contributed by atoms with Gasteiger partial charge in [-0.25, -0.2) is 13.4 Å². The molecule has 3 aromatic rings. The average Bonchev–Trinajstić information content (AvgIpc) is 3.14. The third-order valence-electron chi connectivity index (χ3n) is 5.67. The van der Waals surface area contributed by atoms with Crippen LogP contribution in [-0.4, -0.2) is 50.2 Å². The Morgan fingerprint density at radius 1 is 1.03 bits per heavy atom. The molecule has 0 unspecified atom stereocenters. The lowest BCUT2D eigenvalue weighted by Gasteiger charge is -2.19. The molecule has 1 saturated heterocycles. The molecular formula is C24H27N3O4S2.